The number of rotatable bonds is 3. The molecule has 0 atom stereocenters. The van der Waals surface area contributed by atoms with Crippen molar-refractivity contribution in [3.63, 3.8) is 0 Å². The molecule has 0 aromatic heterocycles. The Morgan fingerprint density at radius 1 is 1.54 bits per heavy atom. The van der Waals surface area contributed by atoms with Crippen LogP contribution in [-0.4, -0.2) is 11.7 Å². The molecule has 0 saturated carbocycles. The lowest BCUT2D eigenvalue weighted by atomic mass is 10.0. The van der Waals surface area contributed by atoms with Gasteiger partial charge in [0.1, 0.15) is 5.75 Å². The summed E-state index contributed by atoms with van der Waals surface area (Å²) in [4.78, 5) is 0. The van der Waals surface area contributed by atoms with Gasteiger partial charge in [-0.25, -0.2) is 0 Å². The molecule has 0 aliphatic rings. The van der Waals surface area contributed by atoms with E-state index in [1.807, 2.05) is 19.1 Å². The van der Waals surface area contributed by atoms with Gasteiger partial charge in [0.25, 0.3) is 0 Å². The Morgan fingerprint density at radius 3 is 2.77 bits per heavy atom. The van der Waals surface area contributed by atoms with Crippen LogP contribution >= 0.6 is 0 Å². The summed E-state index contributed by atoms with van der Waals surface area (Å²) in [7, 11) is 0. The van der Waals surface area contributed by atoms with Crippen LogP contribution in [0.2, 0.25) is 0 Å². The van der Waals surface area contributed by atoms with Gasteiger partial charge in [0.2, 0.25) is 0 Å². The monoisotopic (exact) mass is 177 g/mol. The molecule has 3 N–H and O–H groups in total. The molecule has 0 unspecified atom stereocenters. The van der Waals surface area contributed by atoms with E-state index in [9.17, 15) is 5.11 Å². The number of phenolic OH excluding ortho intramolecular Hbond substituents is 1. The minimum Gasteiger partial charge on any atom is -0.508 e. The Balaban J connectivity index is 2.90. The molecule has 0 aliphatic carbocycles. The number of nitrogens with two attached hydrogens (primary N) is 1. The minimum atomic E-state index is 0.315. The van der Waals surface area contributed by atoms with Gasteiger partial charge in [-0.15, -0.1) is 0 Å². The number of hydrogen-bond donors (Lipinski definition) is 2. The highest BCUT2D eigenvalue weighted by Crippen LogP contribution is 2.23. The van der Waals surface area contributed by atoms with Crippen molar-refractivity contribution in [1.29, 1.82) is 0 Å². The molecule has 0 spiro atoms. The predicted octanol–water partition coefficient (Wildman–Crippen LogP) is 2.06. The standard InChI is InChI=1S/C11H15NO/c1-8(5-6-12)10-4-3-9(2)11(13)7-10/h3-4,7,13H,1,5-6,12H2,2H3. The predicted molar refractivity (Wildman–Crippen MR) is 55.5 cm³/mol. The van der Waals surface area contributed by atoms with Crippen LogP contribution in [-0.2, 0) is 0 Å². The molecular weight excluding hydrogens is 162 g/mol. The van der Waals surface area contributed by atoms with Gasteiger partial charge in [-0.1, -0.05) is 18.7 Å². The number of aromatic hydroxyl groups is 1. The van der Waals surface area contributed by atoms with Gasteiger partial charge in [0, 0.05) is 0 Å². The molecule has 1 aromatic carbocycles. The van der Waals surface area contributed by atoms with Gasteiger partial charge in [-0.3, -0.25) is 0 Å². The molecule has 70 valence electrons. The highest BCUT2D eigenvalue weighted by molar-refractivity contribution is 5.65. The van der Waals surface area contributed by atoms with Crippen LogP contribution in [0.1, 0.15) is 17.5 Å². The molecule has 0 bridgehead atoms. The molecule has 0 amide bonds. The van der Waals surface area contributed by atoms with Crippen LogP contribution in [0.3, 0.4) is 0 Å². The van der Waals surface area contributed by atoms with E-state index in [1.54, 1.807) is 6.07 Å². The number of benzene rings is 1. The van der Waals surface area contributed by atoms with Crippen LogP contribution in [0.25, 0.3) is 5.57 Å². The minimum absolute atomic E-state index is 0.315. The number of aryl methyl sites for hydroxylation is 1. The van der Waals surface area contributed by atoms with Crippen molar-refractivity contribution in [3.05, 3.63) is 35.9 Å². The second-order valence-electron chi connectivity index (χ2n) is 3.14. The van der Waals surface area contributed by atoms with Gasteiger partial charge < -0.3 is 10.8 Å². The average Bonchev–Trinajstić information content (AvgIpc) is 2.10. The Bertz CT molecular complexity index is 318. The van der Waals surface area contributed by atoms with Crippen LogP contribution in [0.5, 0.6) is 5.75 Å². The van der Waals surface area contributed by atoms with E-state index in [-0.39, 0.29) is 0 Å². The highest BCUT2D eigenvalue weighted by Gasteiger charge is 2.01. The van der Waals surface area contributed by atoms with Gasteiger partial charge in [-0.2, -0.15) is 0 Å². The average molecular weight is 177 g/mol. The molecule has 2 heteroatoms. The third kappa shape index (κ3) is 2.33. The van der Waals surface area contributed by atoms with Gasteiger partial charge in [-0.05, 0) is 42.7 Å². The van der Waals surface area contributed by atoms with Crippen molar-refractivity contribution in [3.8, 4) is 5.75 Å². The SMILES string of the molecule is C=C(CCN)c1ccc(C)c(O)c1. The van der Waals surface area contributed by atoms with E-state index in [2.05, 4.69) is 6.58 Å². The lowest BCUT2D eigenvalue weighted by Gasteiger charge is -2.06. The highest BCUT2D eigenvalue weighted by atomic mass is 16.3. The van der Waals surface area contributed by atoms with E-state index < -0.39 is 0 Å². The maximum absolute atomic E-state index is 9.44. The van der Waals surface area contributed by atoms with Gasteiger partial charge in [0.15, 0.2) is 0 Å². The smallest absolute Gasteiger partial charge is 0.119 e. The summed E-state index contributed by atoms with van der Waals surface area (Å²) in [5.41, 5.74) is 8.23. The summed E-state index contributed by atoms with van der Waals surface area (Å²) in [6.45, 7) is 6.35. The van der Waals surface area contributed by atoms with Crippen molar-refractivity contribution in [2.45, 2.75) is 13.3 Å². The van der Waals surface area contributed by atoms with Crippen molar-refractivity contribution < 1.29 is 5.11 Å². The second-order valence-corrected chi connectivity index (χ2v) is 3.14. The summed E-state index contributed by atoms with van der Waals surface area (Å²) in [5.74, 6) is 0.315. The summed E-state index contributed by atoms with van der Waals surface area (Å²) >= 11 is 0. The number of hydrogen-bond acceptors (Lipinski definition) is 2. The zero-order valence-corrected chi connectivity index (χ0v) is 7.88. The van der Waals surface area contributed by atoms with E-state index in [0.29, 0.717) is 12.3 Å². The van der Waals surface area contributed by atoms with Crippen LogP contribution in [0, 0.1) is 6.92 Å². The number of phenols is 1. The molecule has 13 heavy (non-hydrogen) atoms. The Morgan fingerprint density at radius 2 is 2.23 bits per heavy atom. The van der Waals surface area contributed by atoms with Crippen molar-refractivity contribution in [1.82, 2.24) is 0 Å². The zero-order valence-electron chi connectivity index (χ0n) is 7.88. The fraction of sp³-hybridized carbons (Fsp3) is 0.273. The molecule has 0 aliphatic heterocycles. The molecule has 0 radical (unpaired) electrons. The van der Waals surface area contributed by atoms with Crippen LogP contribution in [0.4, 0.5) is 0 Å². The van der Waals surface area contributed by atoms with E-state index in [4.69, 9.17) is 5.73 Å². The first kappa shape index (κ1) is 9.81. The summed E-state index contributed by atoms with van der Waals surface area (Å²) in [6, 6.07) is 5.56. The molecule has 0 fully saturated rings. The third-order valence-corrected chi connectivity index (χ3v) is 2.06. The first-order chi connectivity index (χ1) is 6.15. The third-order valence-electron chi connectivity index (χ3n) is 2.06. The van der Waals surface area contributed by atoms with Gasteiger partial charge >= 0.3 is 0 Å². The summed E-state index contributed by atoms with van der Waals surface area (Å²) in [6.07, 6.45) is 0.766. The molecule has 1 aromatic rings. The first-order valence-electron chi connectivity index (χ1n) is 4.33. The normalized spacial score (nSPS) is 10.0. The Labute approximate surface area is 78.7 Å². The maximum atomic E-state index is 9.44. The molecule has 0 heterocycles. The van der Waals surface area contributed by atoms with Crippen molar-refractivity contribution in [2.75, 3.05) is 6.54 Å². The fourth-order valence-corrected chi connectivity index (χ4v) is 1.15. The topological polar surface area (TPSA) is 46.2 Å². The quantitative estimate of drug-likeness (QED) is 0.742. The zero-order chi connectivity index (χ0) is 9.84. The van der Waals surface area contributed by atoms with Crippen LogP contribution in [0.15, 0.2) is 24.8 Å². The molecular formula is C11H15NO. The first-order valence-corrected chi connectivity index (χ1v) is 4.33. The molecule has 2 nitrogen and oxygen atoms in total. The second kappa shape index (κ2) is 4.10. The van der Waals surface area contributed by atoms with Gasteiger partial charge in [0.05, 0.1) is 0 Å². The lowest BCUT2D eigenvalue weighted by Crippen LogP contribution is -1.99. The maximum Gasteiger partial charge on any atom is 0.119 e. The van der Waals surface area contributed by atoms with Crippen molar-refractivity contribution in [2.24, 2.45) is 5.73 Å². The van der Waals surface area contributed by atoms with E-state index >= 15 is 0 Å². The molecule has 0 saturated heterocycles. The summed E-state index contributed by atoms with van der Waals surface area (Å²) < 4.78 is 0. The lowest BCUT2D eigenvalue weighted by molar-refractivity contribution is 0.471. The fourth-order valence-electron chi connectivity index (χ4n) is 1.15. The van der Waals surface area contributed by atoms with Crippen LogP contribution < -0.4 is 5.73 Å². The largest absolute Gasteiger partial charge is 0.508 e. The molecule has 1 rings (SSSR count). The summed E-state index contributed by atoms with van der Waals surface area (Å²) in [5, 5.41) is 9.44. The Kier molecular flexibility index (Phi) is 3.09. The Hall–Kier alpha value is -1.28. The van der Waals surface area contributed by atoms with E-state index in [1.165, 1.54) is 0 Å². The van der Waals surface area contributed by atoms with E-state index in [0.717, 1.165) is 23.1 Å². The van der Waals surface area contributed by atoms with Crippen molar-refractivity contribution >= 4 is 5.57 Å².